The number of alkyl halides is 2. The van der Waals surface area contributed by atoms with Crippen LogP contribution in [0.4, 0.5) is 13.6 Å². The normalized spacial score (nSPS) is 23.6. The van der Waals surface area contributed by atoms with E-state index in [9.17, 15) is 22.6 Å². The number of halogens is 2. The number of rotatable bonds is 4. The maximum atomic E-state index is 13.1. The SMILES string of the molecule is Cc1ccc([S@](=O)C[C@@]2(C(F)F)NC(=O)NC2=O)cc1. The summed E-state index contributed by atoms with van der Waals surface area (Å²) in [6, 6.07) is 5.46. The van der Waals surface area contributed by atoms with Crippen LogP contribution < -0.4 is 10.6 Å². The second-order valence-electron chi connectivity index (χ2n) is 4.48. The lowest BCUT2D eigenvalue weighted by Gasteiger charge is -2.24. The molecule has 0 spiro atoms. The zero-order chi connectivity index (χ0) is 14.9. The predicted molar refractivity (Wildman–Crippen MR) is 67.9 cm³/mol. The highest BCUT2D eigenvalue weighted by atomic mass is 32.2. The van der Waals surface area contributed by atoms with Crippen molar-refractivity contribution in [1.29, 1.82) is 0 Å². The maximum absolute atomic E-state index is 13.1. The third-order valence-electron chi connectivity index (χ3n) is 2.98. The van der Waals surface area contributed by atoms with Gasteiger partial charge in [-0.05, 0) is 19.1 Å². The van der Waals surface area contributed by atoms with Gasteiger partial charge >= 0.3 is 6.03 Å². The molecule has 8 heteroatoms. The lowest BCUT2D eigenvalue weighted by molar-refractivity contribution is -0.128. The van der Waals surface area contributed by atoms with Crippen molar-refractivity contribution in [2.24, 2.45) is 0 Å². The summed E-state index contributed by atoms with van der Waals surface area (Å²) in [5, 5.41) is 3.64. The summed E-state index contributed by atoms with van der Waals surface area (Å²) in [6.07, 6.45) is -3.15. The van der Waals surface area contributed by atoms with Gasteiger partial charge in [0.2, 0.25) is 0 Å². The van der Waals surface area contributed by atoms with Gasteiger partial charge in [0, 0.05) is 4.90 Å². The summed E-state index contributed by atoms with van der Waals surface area (Å²) in [6.45, 7) is 1.83. The minimum atomic E-state index is -3.15. The molecular weight excluding hydrogens is 290 g/mol. The number of aryl methyl sites for hydroxylation is 1. The van der Waals surface area contributed by atoms with Crippen molar-refractivity contribution >= 4 is 22.7 Å². The second-order valence-corrected chi connectivity index (χ2v) is 5.93. The summed E-state index contributed by atoms with van der Waals surface area (Å²) in [4.78, 5) is 22.9. The first kappa shape index (κ1) is 14.6. The number of hydrogen-bond acceptors (Lipinski definition) is 3. The van der Waals surface area contributed by atoms with Crippen LogP contribution in [0.15, 0.2) is 29.2 Å². The topological polar surface area (TPSA) is 75.3 Å². The molecule has 0 aromatic heterocycles. The molecule has 1 saturated heterocycles. The molecule has 0 saturated carbocycles. The molecule has 20 heavy (non-hydrogen) atoms. The van der Waals surface area contributed by atoms with Crippen LogP contribution in [0.5, 0.6) is 0 Å². The van der Waals surface area contributed by atoms with Gasteiger partial charge in [0.05, 0.1) is 16.6 Å². The largest absolute Gasteiger partial charge is 0.322 e. The molecule has 1 aromatic carbocycles. The fourth-order valence-electron chi connectivity index (χ4n) is 1.80. The predicted octanol–water partition coefficient (Wildman–Crippen LogP) is 0.946. The van der Waals surface area contributed by atoms with E-state index in [1.54, 1.807) is 29.6 Å². The number of carbonyl (C=O) groups is 2. The maximum Gasteiger partial charge on any atom is 0.322 e. The average Bonchev–Trinajstić information content (AvgIpc) is 2.65. The minimum Gasteiger partial charge on any atom is -0.318 e. The van der Waals surface area contributed by atoms with Crippen molar-refractivity contribution in [3.8, 4) is 0 Å². The quantitative estimate of drug-likeness (QED) is 0.813. The average molecular weight is 302 g/mol. The summed E-state index contributed by atoms with van der Waals surface area (Å²) in [5.41, 5.74) is -1.51. The van der Waals surface area contributed by atoms with E-state index in [0.717, 1.165) is 5.56 Å². The molecule has 1 heterocycles. The Kier molecular flexibility index (Phi) is 3.85. The molecule has 0 aliphatic carbocycles. The van der Waals surface area contributed by atoms with Crippen molar-refractivity contribution in [3.05, 3.63) is 29.8 Å². The highest BCUT2D eigenvalue weighted by Gasteiger charge is 2.54. The highest BCUT2D eigenvalue weighted by molar-refractivity contribution is 7.85. The lowest BCUT2D eigenvalue weighted by atomic mass is 10.0. The summed E-state index contributed by atoms with van der Waals surface area (Å²) in [5.74, 6) is -1.83. The molecule has 5 nitrogen and oxygen atoms in total. The van der Waals surface area contributed by atoms with E-state index < -0.39 is 40.5 Å². The molecule has 1 aliphatic rings. The molecular formula is C12H12F2N2O3S. The third-order valence-corrected chi connectivity index (χ3v) is 4.50. The number of imide groups is 1. The monoisotopic (exact) mass is 302 g/mol. The molecule has 108 valence electrons. The third kappa shape index (κ3) is 2.55. The zero-order valence-corrected chi connectivity index (χ0v) is 11.3. The Morgan fingerprint density at radius 3 is 2.30 bits per heavy atom. The summed E-state index contributed by atoms with van der Waals surface area (Å²) in [7, 11) is -1.83. The van der Waals surface area contributed by atoms with Crippen LogP contribution in [0.2, 0.25) is 0 Å². The van der Waals surface area contributed by atoms with E-state index in [1.165, 1.54) is 0 Å². The van der Waals surface area contributed by atoms with Crippen LogP contribution in [0.3, 0.4) is 0 Å². The molecule has 1 fully saturated rings. The van der Waals surface area contributed by atoms with Gasteiger partial charge in [-0.3, -0.25) is 14.3 Å². The minimum absolute atomic E-state index is 0.324. The van der Waals surface area contributed by atoms with E-state index in [4.69, 9.17) is 0 Å². The van der Waals surface area contributed by atoms with Gasteiger partial charge in [0.15, 0.2) is 5.54 Å². The smallest absolute Gasteiger partial charge is 0.318 e. The Balaban J connectivity index is 2.25. The Bertz CT molecular complexity index is 577. The van der Waals surface area contributed by atoms with Gasteiger partial charge in [0.25, 0.3) is 12.3 Å². The molecule has 3 amide bonds. The lowest BCUT2D eigenvalue weighted by Crippen LogP contribution is -2.57. The Hall–Kier alpha value is -1.83. The van der Waals surface area contributed by atoms with E-state index >= 15 is 0 Å². The van der Waals surface area contributed by atoms with Crippen LogP contribution in [-0.4, -0.2) is 33.9 Å². The van der Waals surface area contributed by atoms with Gasteiger partial charge in [-0.2, -0.15) is 0 Å². The van der Waals surface area contributed by atoms with E-state index in [1.807, 2.05) is 12.2 Å². The molecule has 2 rings (SSSR count). The molecule has 0 radical (unpaired) electrons. The Labute approximate surface area is 116 Å². The molecule has 1 aromatic rings. The van der Waals surface area contributed by atoms with Crippen LogP contribution in [0.1, 0.15) is 5.56 Å². The second kappa shape index (κ2) is 5.28. The van der Waals surface area contributed by atoms with Crippen LogP contribution in [0, 0.1) is 6.92 Å². The van der Waals surface area contributed by atoms with Crippen molar-refractivity contribution in [2.75, 3.05) is 5.75 Å². The summed E-state index contributed by atoms with van der Waals surface area (Å²) >= 11 is 0. The Morgan fingerprint density at radius 2 is 1.85 bits per heavy atom. The fraction of sp³-hybridized carbons (Fsp3) is 0.333. The first-order valence-electron chi connectivity index (χ1n) is 5.72. The first-order valence-corrected chi connectivity index (χ1v) is 7.04. The van der Waals surface area contributed by atoms with Gasteiger partial charge in [-0.1, -0.05) is 17.7 Å². The number of hydrogen-bond donors (Lipinski definition) is 2. The van der Waals surface area contributed by atoms with E-state index in [-0.39, 0.29) is 0 Å². The van der Waals surface area contributed by atoms with Crippen molar-refractivity contribution < 1.29 is 22.6 Å². The molecule has 2 atom stereocenters. The van der Waals surface area contributed by atoms with Crippen LogP contribution >= 0.6 is 0 Å². The Morgan fingerprint density at radius 1 is 1.25 bits per heavy atom. The summed E-state index contributed by atoms with van der Waals surface area (Å²) < 4.78 is 38.4. The van der Waals surface area contributed by atoms with Gasteiger partial charge in [0.1, 0.15) is 0 Å². The van der Waals surface area contributed by atoms with Crippen LogP contribution in [-0.2, 0) is 15.6 Å². The van der Waals surface area contributed by atoms with E-state index in [2.05, 4.69) is 0 Å². The molecule has 2 N–H and O–H groups in total. The zero-order valence-electron chi connectivity index (χ0n) is 10.5. The van der Waals surface area contributed by atoms with Gasteiger partial charge < -0.3 is 5.32 Å². The molecule has 1 aliphatic heterocycles. The number of benzene rings is 1. The van der Waals surface area contributed by atoms with Crippen LogP contribution in [0.25, 0.3) is 0 Å². The number of amides is 3. The highest BCUT2D eigenvalue weighted by Crippen LogP contribution is 2.23. The number of urea groups is 1. The fourth-order valence-corrected chi connectivity index (χ4v) is 3.15. The van der Waals surface area contributed by atoms with Crippen molar-refractivity contribution in [3.63, 3.8) is 0 Å². The standard InChI is InChI=1S/C12H12F2N2O3S/c1-7-2-4-8(5-3-7)20(19)6-12(9(13)14)10(17)15-11(18)16-12/h2-5,9H,6H2,1H3,(H2,15,16,17,18)/t12-,20+/m0/s1. The van der Waals surface area contributed by atoms with Gasteiger partial charge in [-0.25, -0.2) is 13.6 Å². The number of carbonyl (C=O) groups excluding carboxylic acids is 2. The van der Waals surface area contributed by atoms with Gasteiger partial charge in [-0.15, -0.1) is 0 Å². The first-order chi connectivity index (χ1) is 9.35. The van der Waals surface area contributed by atoms with Crippen molar-refractivity contribution in [2.45, 2.75) is 23.8 Å². The van der Waals surface area contributed by atoms with Crippen molar-refractivity contribution in [1.82, 2.24) is 10.6 Å². The van der Waals surface area contributed by atoms with E-state index in [0.29, 0.717) is 4.90 Å². The number of nitrogens with one attached hydrogen (secondary N) is 2. The molecule has 0 unspecified atom stereocenters. The molecule has 0 bridgehead atoms.